The number of aliphatic hydroxyl groups is 1. The molecule has 9 heteroatoms. The van der Waals surface area contributed by atoms with E-state index in [1.54, 1.807) is 12.1 Å². The van der Waals surface area contributed by atoms with Crippen LogP contribution in [0.25, 0.3) is 0 Å². The summed E-state index contributed by atoms with van der Waals surface area (Å²) in [4.78, 5) is 50.9. The number of benzene rings is 2. The summed E-state index contributed by atoms with van der Waals surface area (Å²) in [6.07, 6.45) is 1.47. The van der Waals surface area contributed by atoms with Crippen LogP contribution in [-0.2, 0) is 16.1 Å². The quantitative estimate of drug-likeness (QED) is 0.597. The van der Waals surface area contributed by atoms with Gasteiger partial charge in [0.05, 0.1) is 11.6 Å². The Morgan fingerprint density at radius 3 is 2.55 bits per heavy atom. The molecule has 170 valence electrons. The van der Waals surface area contributed by atoms with Gasteiger partial charge in [-0.1, -0.05) is 12.1 Å². The Morgan fingerprint density at radius 2 is 1.88 bits per heavy atom. The second kappa shape index (κ2) is 7.77. The number of halogens is 1. The summed E-state index contributed by atoms with van der Waals surface area (Å²) in [5.41, 5.74) is 0.851. The largest absolute Gasteiger partial charge is 0.387 e. The Labute approximate surface area is 188 Å². The van der Waals surface area contributed by atoms with E-state index in [0.29, 0.717) is 35.1 Å². The fourth-order valence-corrected chi connectivity index (χ4v) is 4.53. The molecule has 1 saturated carbocycles. The highest BCUT2D eigenvalue weighted by Gasteiger charge is 2.49. The van der Waals surface area contributed by atoms with Gasteiger partial charge in [-0.05, 0) is 60.7 Å². The van der Waals surface area contributed by atoms with Crippen LogP contribution in [0.1, 0.15) is 63.6 Å². The minimum Gasteiger partial charge on any atom is -0.387 e. The molecule has 33 heavy (non-hydrogen) atoms. The second-order valence-corrected chi connectivity index (χ2v) is 8.83. The van der Waals surface area contributed by atoms with E-state index in [0.717, 1.165) is 0 Å². The Bertz CT molecular complexity index is 1180. The molecule has 2 aromatic carbocycles. The van der Waals surface area contributed by atoms with Crippen LogP contribution in [0, 0.1) is 5.82 Å². The zero-order valence-corrected chi connectivity index (χ0v) is 17.6. The van der Waals surface area contributed by atoms with Crippen LogP contribution in [0.2, 0.25) is 0 Å². The minimum absolute atomic E-state index is 0.160. The molecule has 3 aliphatic rings. The van der Waals surface area contributed by atoms with E-state index in [1.807, 2.05) is 0 Å². The van der Waals surface area contributed by atoms with E-state index in [-0.39, 0.29) is 31.2 Å². The maximum Gasteiger partial charge on any atom is 0.255 e. The standard InChI is InChI=1S/C24H22FN3O5/c25-16-4-1-13(2-5-16)20(24(33)9-10-24)27-21(30)14-3-6-17-15(11-14)12-28(23(17)32)18-7-8-19(29)26-22(18)31/h1-6,11,18,20,33H,7-10,12H2,(H,27,30)(H,26,29,31). The zero-order chi connectivity index (χ0) is 23.3. The fraction of sp³-hybridized carbons (Fsp3) is 0.333. The van der Waals surface area contributed by atoms with Crippen LogP contribution in [0.15, 0.2) is 42.5 Å². The van der Waals surface area contributed by atoms with Gasteiger partial charge in [0, 0.05) is 24.1 Å². The SMILES string of the molecule is O=C1CCC(N2Cc3cc(C(=O)NC(c4ccc(F)cc4)C4(O)CC4)ccc3C2=O)C(=O)N1. The van der Waals surface area contributed by atoms with Crippen LogP contribution >= 0.6 is 0 Å². The van der Waals surface area contributed by atoms with Crippen LogP contribution in [0.4, 0.5) is 4.39 Å². The van der Waals surface area contributed by atoms with Crippen LogP contribution in [0.3, 0.4) is 0 Å². The molecule has 5 rings (SSSR count). The summed E-state index contributed by atoms with van der Waals surface area (Å²) in [6.45, 7) is 0.160. The molecule has 2 aromatic rings. The van der Waals surface area contributed by atoms with Gasteiger partial charge in [-0.25, -0.2) is 4.39 Å². The summed E-state index contributed by atoms with van der Waals surface area (Å²) in [5.74, 6) is -2.00. The third-order valence-corrected chi connectivity index (χ3v) is 6.56. The third-order valence-electron chi connectivity index (χ3n) is 6.56. The number of hydrogen-bond donors (Lipinski definition) is 3. The molecule has 0 aromatic heterocycles. The van der Waals surface area contributed by atoms with E-state index >= 15 is 0 Å². The van der Waals surface area contributed by atoms with Crippen LogP contribution in [0.5, 0.6) is 0 Å². The molecule has 3 N–H and O–H groups in total. The molecular formula is C24H22FN3O5. The van der Waals surface area contributed by atoms with Gasteiger partial charge in [0.2, 0.25) is 11.8 Å². The van der Waals surface area contributed by atoms with E-state index < -0.39 is 35.3 Å². The van der Waals surface area contributed by atoms with Crippen molar-refractivity contribution in [3.63, 3.8) is 0 Å². The van der Waals surface area contributed by atoms with Crippen molar-refractivity contribution < 1.29 is 28.7 Å². The Hall–Kier alpha value is -3.59. The van der Waals surface area contributed by atoms with Gasteiger partial charge in [0.25, 0.3) is 11.8 Å². The molecule has 0 spiro atoms. The minimum atomic E-state index is -1.08. The van der Waals surface area contributed by atoms with Crippen molar-refractivity contribution in [2.75, 3.05) is 0 Å². The number of nitrogens with zero attached hydrogens (tertiary/aromatic N) is 1. The molecular weight excluding hydrogens is 429 g/mol. The molecule has 0 bridgehead atoms. The smallest absolute Gasteiger partial charge is 0.255 e. The van der Waals surface area contributed by atoms with Crippen molar-refractivity contribution in [3.8, 4) is 0 Å². The van der Waals surface area contributed by atoms with E-state index in [2.05, 4.69) is 10.6 Å². The van der Waals surface area contributed by atoms with Crippen LogP contribution < -0.4 is 10.6 Å². The van der Waals surface area contributed by atoms with E-state index in [4.69, 9.17) is 0 Å². The van der Waals surface area contributed by atoms with Gasteiger partial charge in [-0.2, -0.15) is 0 Å². The average Bonchev–Trinajstić information content (AvgIpc) is 3.46. The molecule has 2 unspecified atom stereocenters. The Balaban J connectivity index is 1.35. The van der Waals surface area contributed by atoms with Crippen molar-refractivity contribution in [2.45, 2.75) is 49.9 Å². The number of carbonyl (C=O) groups excluding carboxylic acids is 4. The van der Waals surface area contributed by atoms with Crippen molar-refractivity contribution in [2.24, 2.45) is 0 Å². The van der Waals surface area contributed by atoms with Crippen molar-refractivity contribution in [3.05, 3.63) is 70.5 Å². The Kier molecular flexibility index (Phi) is 5.01. The molecule has 2 aliphatic heterocycles. The van der Waals surface area contributed by atoms with Crippen molar-refractivity contribution in [1.29, 1.82) is 0 Å². The number of nitrogens with one attached hydrogen (secondary N) is 2. The van der Waals surface area contributed by atoms with E-state index in [1.165, 1.54) is 35.2 Å². The summed E-state index contributed by atoms with van der Waals surface area (Å²) < 4.78 is 13.3. The summed E-state index contributed by atoms with van der Waals surface area (Å²) in [5, 5.41) is 15.8. The topological polar surface area (TPSA) is 116 Å². The summed E-state index contributed by atoms with van der Waals surface area (Å²) >= 11 is 0. The Morgan fingerprint density at radius 1 is 1.15 bits per heavy atom. The highest BCUT2D eigenvalue weighted by molar-refractivity contribution is 6.06. The first-order chi connectivity index (χ1) is 15.7. The van der Waals surface area contributed by atoms with Gasteiger partial charge in [-0.15, -0.1) is 0 Å². The predicted molar refractivity (Wildman–Crippen MR) is 113 cm³/mol. The molecule has 2 fully saturated rings. The van der Waals surface area contributed by atoms with Gasteiger partial charge in [0.15, 0.2) is 0 Å². The number of rotatable bonds is 5. The highest BCUT2D eigenvalue weighted by atomic mass is 19.1. The number of amides is 4. The highest BCUT2D eigenvalue weighted by Crippen LogP contribution is 2.46. The number of imide groups is 1. The molecule has 2 heterocycles. The molecule has 1 saturated heterocycles. The lowest BCUT2D eigenvalue weighted by Gasteiger charge is -2.29. The number of fused-ring (bicyclic) bond motifs is 1. The maximum atomic E-state index is 13.3. The third kappa shape index (κ3) is 3.89. The predicted octanol–water partition coefficient (Wildman–Crippen LogP) is 1.58. The fourth-order valence-electron chi connectivity index (χ4n) is 4.53. The average molecular weight is 451 g/mol. The van der Waals surface area contributed by atoms with Gasteiger partial charge >= 0.3 is 0 Å². The van der Waals surface area contributed by atoms with Gasteiger partial charge < -0.3 is 15.3 Å². The normalized spacial score (nSPS) is 21.9. The molecule has 4 amide bonds. The van der Waals surface area contributed by atoms with E-state index in [9.17, 15) is 28.7 Å². The lowest BCUT2D eigenvalue weighted by atomic mass is 9.98. The first-order valence-corrected chi connectivity index (χ1v) is 10.8. The number of carbonyl (C=O) groups is 4. The lowest BCUT2D eigenvalue weighted by Crippen LogP contribution is -2.52. The summed E-state index contributed by atoms with van der Waals surface area (Å²) in [7, 11) is 0. The molecule has 8 nitrogen and oxygen atoms in total. The molecule has 1 aliphatic carbocycles. The molecule has 2 atom stereocenters. The first kappa shape index (κ1) is 21.3. The first-order valence-electron chi connectivity index (χ1n) is 10.8. The molecule has 0 radical (unpaired) electrons. The van der Waals surface area contributed by atoms with Crippen LogP contribution in [-0.4, -0.2) is 45.3 Å². The van der Waals surface area contributed by atoms with Crippen molar-refractivity contribution >= 4 is 23.6 Å². The number of hydrogen-bond acceptors (Lipinski definition) is 5. The van der Waals surface area contributed by atoms with Crippen molar-refractivity contribution in [1.82, 2.24) is 15.5 Å². The monoisotopic (exact) mass is 451 g/mol. The maximum absolute atomic E-state index is 13.3. The van der Waals surface area contributed by atoms with Gasteiger partial charge in [0.1, 0.15) is 11.9 Å². The zero-order valence-electron chi connectivity index (χ0n) is 17.6. The number of piperidine rings is 1. The second-order valence-electron chi connectivity index (χ2n) is 8.83. The lowest BCUT2D eigenvalue weighted by molar-refractivity contribution is -0.136. The van der Waals surface area contributed by atoms with Gasteiger partial charge in [-0.3, -0.25) is 24.5 Å². The summed E-state index contributed by atoms with van der Waals surface area (Å²) in [6, 6.07) is 8.90.